The van der Waals surface area contributed by atoms with Crippen molar-refractivity contribution in [2.45, 2.75) is 89.2 Å². The Labute approximate surface area is 270 Å². The Balaban J connectivity index is 1.41. The van der Waals surface area contributed by atoms with Gasteiger partial charge in [0.2, 0.25) is 11.8 Å². The van der Waals surface area contributed by atoms with Gasteiger partial charge >= 0.3 is 12.4 Å². The van der Waals surface area contributed by atoms with Crippen molar-refractivity contribution in [3.05, 3.63) is 52.3 Å². The molecule has 5 rings (SSSR count). The number of benzene rings is 1. The van der Waals surface area contributed by atoms with E-state index in [0.717, 1.165) is 31.7 Å². The lowest BCUT2D eigenvalue weighted by Crippen LogP contribution is -2.40. The topological polar surface area (TPSA) is 98.1 Å². The molecule has 0 atom stereocenters. The van der Waals surface area contributed by atoms with Crippen molar-refractivity contribution in [1.29, 1.82) is 0 Å². The monoisotopic (exact) mass is 689 g/mol. The highest BCUT2D eigenvalue weighted by Gasteiger charge is 2.42. The van der Waals surface area contributed by atoms with E-state index in [2.05, 4.69) is 20.6 Å². The van der Waals surface area contributed by atoms with E-state index in [1.165, 1.54) is 29.8 Å². The summed E-state index contributed by atoms with van der Waals surface area (Å²) in [6.45, 7) is -1.08. The second kappa shape index (κ2) is 14.2. The number of ether oxygens (including phenoxy) is 1. The third-order valence-corrected chi connectivity index (χ3v) is 9.03. The maximum Gasteiger partial charge on any atom is 0.416 e. The van der Waals surface area contributed by atoms with Gasteiger partial charge in [0.1, 0.15) is 16.9 Å². The average molecular weight is 690 g/mol. The maximum atomic E-state index is 14.0. The van der Waals surface area contributed by atoms with Gasteiger partial charge in [-0.2, -0.15) is 31.3 Å². The summed E-state index contributed by atoms with van der Waals surface area (Å²) in [5, 5.41) is 5.42. The summed E-state index contributed by atoms with van der Waals surface area (Å²) < 4.78 is 114. The number of fused-ring (bicyclic) bond motifs is 1. The lowest BCUT2D eigenvalue weighted by atomic mass is 9.85. The molecule has 16 heteroatoms. The number of hydrogen-bond donors (Lipinski definition) is 2. The summed E-state index contributed by atoms with van der Waals surface area (Å²) in [4.78, 5) is 34.3. The minimum atomic E-state index is -4.70. The number of imidazole rings is 1. The van der Waals surface area contributed by atoms with Crippen molar-refractivity contribution in [3.8, 4) is 5.88 Å². The molecule has 2 aliphatic carbocycles. The Kier molecular flexibility index (Phi) is 10.5. The molecule has 2 heterocycles. The molecule has 262 valence electrons. The molecule has 2 amide bonds. The largest absolute Gasteiger partial charge is 0.471 e. The number of halogens is 8. The molecular formula is C32H35F8N5O3. The summed E-state index contributed by atoms with van der Waals surface area (Å²) in [5.41, 5.74) is -0.764. The van der Waals surface area contributed by atoms with Gasteiger partial charge in [-0.1, -0.05) is 25.0 Å². The van der Waals surface area contributed by atoms with Crippen molar-refractivity contribution in [3.63, 3.8) is 0 Å². The SMILES string of the molecule is Cn1c(Cc2cc(CNC(=O)C3CCCC3)ccc2C(F)(F)F)nc2cc(C(=O)NC3CCC(C(F)(F)F)CC3)c(OCC(F)F)nc21. The molecule has 48 heavy (non-hydrogen) atoms. The van der Waals surface area contributed by atoms with Gasteiger partial charge in [-0.05, 0) is 61.8 Å². The number of amides is 2. The van der Waals surface area contributed by atoms with Gasteiger partial charge in [0, 0.05) is 32.0 Å². The molecule has 8 nitrogen and oxygen atoms in total. The van der Waals surface area contributed by atoms with Gasteiger partial charge < -0.3 is 19.9 Å². The van der Waals surface area contributed by atoms with Crippen LogP contribution in [-0.4, -0.2) is 51.6 Å². The van der Waals surface area contributed by atoms with Crippen LogP contribution in [0.5, 0.6) is 5.88 Å². The standard InChI is InChI=1S/C32H35F8N5O3/c1-45-26(13-19-12-17(6-11-23(19)32(38,39)40)15-41-28(46)18-4-2-3-5-18)43-24-14-22(30(44-27(24)45)48-16-25(33)34)29(47)42-21-9-7-20(8-10-21)31(35,36)37/h6,11-12,14,18,20-21,25H,2-5,7-10,13,15-16H2,1H3,(H,41,46)(H,42,47). The second-order valence-electron chi connectivity index (χ2n) is 12.4. The number of hydrogen-bond acceptors (Lipinski definition) is 5. The molecule has 2 saturated carbocycles. The van der Waals surface area contributed by atoms with E-state index in [9.17, 15) is 44.7 Å². The van der Waals surface area contributed by atoms with E-state index < -0.39 is 54.7 Å². The first kappa shape index (κ1) is 35.3. The van der Waals surface area contributed by atoms with Gasteiger partial charge in [0.05, 0.1) is 11.5 Å². The zero-order valence-corrected chi connectivity index (χ0v) is 26.0. The molecule has 0 spiro atoms. The van der Waals surface area contributed by atoms with Crippen LogP contribution < -0.4 is 15.4 Å². The molecule has 0 unspecified atom stereocenters. The molecule has 3 aromatic rings. The van der Waals surface area contributed by atoms with Gasteiger partial charge in [0.25, 0.3) is 12.3 Å². The van der Waals surface area contributed by atoms with Gasteiger partial charge in [-0.25, -0.2) is 13.8 Å². The number of aryl methyl sites for hydroxylation is 1. The number of aromatic nitrogens is 3. The van der Waals surface area contributed by atoms with E-state index in [1.54, 1.807) is 0 Å². The van der Waals surface area contributed by atoms with Crippen molar-refractivity contribution >= 4 is 23.0 Å². The van der Waals surface area contributed by atoms with E-state index in [1.807, 2.05) is 0 Å². The Bertz CT molecular complexity index is 1620. The highest BCUT2D eigenvalue weighted by molar-refractivity contribution is 5.99. The summed E-state index contributed by atoms with van der Waals surface area (Å²) in [6.07, 6.45) is -9.11. The molecule has 2 fully saturated rings. The lowest BCUT2D eigenvalue weighted by molar-refractivity contribution is -0.182. The normalized spacial score (nSPS) is 19.2. The van der Waals surface area contributed by atoms with Crippen molar-refractivity contribution in [2.24, 2.45) is 18.9 Å². The zero-order valence-electron chi connectivity index (χ0n) is 26.0. The van der Waals surface area contributed by atoms with Crippen LogP contribution in [0.15, 0.2) is 24.3 Å². The minimum absolute atomic E-state index is 0.0335. The number of carbonyl (C=O) groups excluding carboxylic acids is 2. The number of alkyl halides is 8. The van der Waals surface area contributed by atoms with E-state index in [-0.39, 0.29) is 78.6 Å². The van der Waals surface area contributed by atoms with Gasteiger partial charge in [-0.3, -0.25) is 9.59 Å². The predicted octanol–water partition coefficient (Wildman–Crippen LogP) is 6.88. The fourth-order valence-corrected chi connectivity index (χ4v) is 6.41. The third-order valence-electron chi connectivity index (χ3n) is 9.03. The van der Waals surface area contributed by atoms with Crippen molar-refractivity contribution < 1.29 is 49.4 Å². The third kappa shape index (κ3) is 8.35. The smallest absolute Gasteiger partial charge is 0.416 e. The molecule has 0 saturated heterocycles. The van der Waals surface area contributed by atoms with Gasteiger partial charge in [0.15, 0.2) is 12.3 Å². The van der Waals surface area contributed by atoms with Crippen LogP contribution in [0.3, 0.4) is 0 Å². The molecule has 0 aliphatic heterocycles. The van der Waals surface area contributed by atoms with Crippen LogP contribution in [0.4, 0.5) is 35.1 Å². The van der Waals surface area contributed by atoms with Crippen molar-refractivity contribution in [1.82, 2.24) is 25.2 Å². The summed E-state index contributed by atoms with van der Waals surface area (Å²) >= 11 is 0. The first-order chi connectivity index (χ1) is 22.6. The Hall–Kier alpha value is -3.98. The first-order valence-corrected chi connectivity index (χ1v) is 15.7. The Morgan fingerprint density at radius 3 is 2.29 bits per heavy atom. The fourth-order valence-electron chi connectivity index (χ4n) is 6.41. The van der Waals surface area contributed by atoms with E-state index in [4.69, 9.17) is 4.74 Å². The molecule has 0 bridgehead atoms. The van der Waals surface area contributed by atoms with Crippen LogP contribution in [-0.2, 0) is 31.0 Å². The highest BCUT2D eigenvalue weighted by atomic mass is 19.4. The number of rotatable bonds is 10. The van der Waals surface area contributed by atoms with Crippen LogP contribution >= 0.6 is 0 Å². The molecular weight excluding hydrogens is 654 g/mol. The fraction of sp³-hybridized carbons (Fsp3) is 0.562. The number of nitrogens with zero attached hydrogens (tertiary/aromatic N) is 3. The lowest BCUT2D eigenvalue weighted by Gasteiger charge is -2.30. The average Bonchev–Trinajstić information content (AvgIpc) is 3.66. The van der Waals surface area contributed by atoms with Gasteiger partial charge in [-0.15, -0.1) is 0 Å². The molecule has 2 aliphatic rings. The highest BCUT2D eigenvalue weighted by Crippen LogP contribution is 2.38. The van der Waals surface area contributed by atoms with E-state index >= 15 is 0 Å². The van der Waals surface area contributed by atoms with Crippen LogP contribution in [0, 0.1) is 11.8 Å². The Morgan fingerprint density at radius 1 is 0.979 bits per heavy atom. The van der Waals surface area contributed by atoms with Crippen LogP contribution in [0.2, 0.25) is 0 Å². The van der Waals surface area contributed by atoms with E-state index in [0.29, 0.717) is 5.56 Å². The van der Waals surface area contributed by atoms with Crippen LogP contribution in [0.1, 0.15) is 84.2 Å². The first-order valence-electron chi connectivity index (χ1n) is 15.7. The zero-order chi connectivity index (χ0) is 34.8. The predicted molar refractivity (Wildman–Crippen MR) is 157 cm³/mol. The maximum absolute atomic E-state index is 14.0. The summed E-state index contributed by atoms with van der Waals surface area (Å²) in [5.74, 6) is -2.92. The van der Waals surface area contributed by atoms with Crippen molar-refractivity contribution in [2.75, 3.05) is 6.61 Å². The second-order valence-corrected chi connectivity index (χ2v) is 12.4. The Morgan fingerprint density at radius 2 is 1.67 bits per heavy atom. The summed E-state index contributed by atoms with van der Waals surface area (Å²) in [6, 6.07) is 4.18. The number of carbonyl (C=O) groups is 2. The molecule has 0 radical (unpaired) electrons. The number of pyridine rings is 1. The quantitative estimate of drug-likeness (QED) is 0.226. The number of nitrogens with one attached hydrogen (secondary N) is 2. The minimum Gasteiger partial charge on any atom is -0.471 e. The summed E-state index contributed by atoms with van der Waals surface area (Å²) in [7, 11) is 1.46. The van der Waals surface area contributed by atoms with Crippen LogP contribution in [0.25, 0.3) is 11.2 Å². The molecule has 2 N–H and O–H groups in total. The molecule has 2 aromatic heterocycles. The molecule has 1 aromatic carbocycles.